The van der Waals surface area contributed by atoms with Gasteiger partial charge in [-0.05, 0) is 73.2 Å². The lowest BCUT2D eigenvalue weighted by molar-refractivity contribution is 0.0935. The molecular weight excluding hydrogens is 460 g/mol. The molecule has 186 valence electrons. The lowest BCUT2D eigenvalue weighted by Crippen LogP contribution is -2.31. The van der Waals surface area contributed by atoms with Gasteiger partial charge in [0, 0.05) is 5.56 Å². The van der Waals surface area contributed by atoms with E-state index < -0.39 is 10.0 Å². The molecule has 0 bridgehead atoms. The molecule has 0 saturated carbocycles. The van der Waals surface area contributed by atoms with Gasteiger partial charge >= 0.3 is 0 Å². The normalized spacial score (nSPS) is 12.2. The highest BCUT2D eigenvalue weighted by molar-refractivity contribution is 7.92. The summed E-state index contributed by atoms with van der Waals surface area (Å²) in [6, 6.07) is 18.6. The molecule has 0 saturated heterocycles. The number of nitrogens with one attached hydrogen (secondary N) is 1. The van der Waals surface area contributed by atoms with Crippen molar-refractivity contribution in [3.63, 3.8) is 0 Å². The maximum Gasteiger partial charge on any atom is 0.251 e. The first-order valence-corrected chi connectivity index (χ1v) is 13.5. The third kappa shape index (κ3) is 6.22. The van der Waals surface area contributed by atoms with Crippen LogP contribution in [-0.2, 0) is 16.6 Å². The Morgan fingerprint density at radius 2 is 1.60 bits per heavy atom. The number of carbonyl (C=O) groups excluding carboxylic acids is 1. The van der Waals surface area contributed by atoms with Gasteiger partial charge in [0.15, 0.2) is 0 Å². The Kier molecular flexibility index (Phi) is 8.22. The van der Waals surface area contributed by atoms with Gasteiger partial charge in [0.1, 0.15) is 5.75 Å². The number of methoxy groups -OCH3 is 1. The fourth-order valence-corrected chi connectivity index (χ4v) is 5.27. The Bertz CT molecular complexity index is 1280. The van der Waals surface area contributed by atoms with Crippen LogP contribution in [0.2, 0.25) is 0 Å². The van der Waals surface area contributed by atoms with Gasteiger partial charge in [0.05, 0.1) is 31.6 Å². The predicted octanol–water partition coefficient (Wildman–Crippen LogP) is 5.47. The molecule has 7 heteroatoms. The first-order chi connectivity index (χ1) is 16.5. The van der Waals surface area contributed by atoms with Gasteiger partial charge in [0.2, 0.25) is 10.0 Å². The number of aryl methyl sites for hydroxylation is 3. The molecule has 3 aromatic carbocycles. The summed E-state index contributed by atoms with van der Waals surface area (Å²) < 4.78 is 32.0. The molecule has 0 fully saturated rings. The second kappa shape index (κ2) is 11.0. The van der Waals surface area contributed by atoms with Crippen LogP contribution in [0, 0.1) is 20.8 Å². The van der Waals surface area contributed by atoms with Crippen LogP contribution in [0.15, 0.2) is 60.7 Å². The number of carbonyl (C=O) groups is 1. The van der Waals surface area contributed by atoms with Gasteiger partial charge in [-0.2, -0.15) is 0 Å². The summed E-state index contributed by atoms with van der Waals surface area (Å²) in [7, 11) is -1.86. The average molecular weight is 495 g/mol. The number of benzene rings is 3. The lowest BCUT2D eigenvalue weighted by Gasteiger charge is -2.26. The summed E-state index contributed by atoms with van der Waals surface area (Å²) in [6.07, 6.45) is 1.96. The summed E-state index contributed by atoms with van der Waals surface area (Å²) in [4.78, 5) is 13.0. The summed E-state index contributed by atoms with van der Waals surface area (Å²) >= 11 is 0. The van der Waals surface area contributed by atoms with Gasteiger partial charge in [-0.3, -0.25) is 9.10 Å². The molecule has 1 amide bonds. The predicted molar refractivity (Wildman–Crippen MR) is 142 cm³/mol. The Morgan fingerprint density at radius 1 is 0.971 bits per heavy atom. The topological polar surface area (TPSA) is 75.7 Å². The largest absolute Gasteiger partial charge is 0.496 e. The first kappa shape index (κ1) is 26.3. The number of para-hydroxylation sites is 1. The molecule has 3 rings (SSSR count). The van der Waals surface area contributed by atoms with Crippen molar-refractivity contribution in [3.05, 3.63) is 94.0 Å². The molecule has 0 aromatic heterocycles. The summed E-state index contributed by atoms with van der Waals surface area (Å²) in [5.74, 6) is 0.640. The number of ether oxygens (including phenoxy) is 1. The highest BCUT2D eigenvalue weighted by atomic mass is 32.2. The van der Waals surface area contributed by atoms with Gasteiger partial charge in [-0.1, -0.05) is 49.4 Å². The summed E-state index contributed by atoms with van der Waals surface area (Å²) in [6.45, 7) is 8.01. The second-order valence-corrected chi connectivity index (χ2v) is 10.8. The van der Waals surface area contributed by atoms with Crippen molar-refractivity contribution in [2.45, 2.75) is 46.7 Å². The van der Waals surface area contributed by atoms with E-state index in [0.717, 1.165) is 40.0 Å². The van der Waals surface area contributed by atoms with Crippen LogP contribution >= 0.6 is 0 Å². The number of hydrogen-bond donors (Lipinski definition) is 1. The smallest absolute Gasteiger partial charge is 0.251 e. The number of anilines is 1. The van der Waals surface area contributed by atoms with Crippen molar-refractivity contribution < 1.29 is 17.9 Å². The highest BCUT2D eigenvalue weighted by Crippen LogP contribution is 2.29. The second-order valence-electron chi connectivity index (χ2n) is 8.87. The van der Waals surface area contributed by atoms with Crippen LogP contribution < -0.4 is 14.4 Å². The zero-order valence-corrected chi connectivity index (χ0v) is 22.1. The van der Waals surface area contributed by atoms with E-state index in [4.69, 9.17) is 4.74 Å². The number of rotatable bonds is 9. The fourth-order valence-electron chi connectivity index (χ4n) is 4.27. The van der Waals surface area contributed by atoms with Crippen molar-refractivity contribution in [1.29, 1.82) is 0 Å². The SMILES string of the molecule is CC[C@H](NC(=O)c1ccc(CN(c2c(C)cccc2C)S(C)(=O)=O)cc1)c1ccc(OC)c(C)c1. The van der Waals surface area contributed by atoms with Crippen molar-refractivity contribution in [3.8, 4) is 5.75 Å². The molecule has 0 heterocycles. The van der Waals surface area contributed by atoms with Gasteiger partial charge in [0.25, 0.3) is 5.91 Å². The first-order valence-electron chi connectivity index (χ1n) is 11.6. The summed E-state index contributed by atoms with van der Waals surface area (Å²) in [5.41, 5.74) is 5.84. The van der Waals surface area contributed by atoms with E-state index >= 15 is 0 Å². The van der Waals surface area contributed by atoms with Crippen LogP contribution in [0.5, 0.6) is 5.75 Å². The zero-order valence-electron chi connectivity index (χ0n) is 21.3. The molecule has 0 aliphatic rings. The maximum absolute atomic E-state index is 13.0. The molecule has 1 atom stereocenters. The minimum Gasteiger partial charge on any atom is -0.496 e. The standard InChI is InChI=1S/C28H34N2O4S/c1-7-25(24-15-16-26(34-5)21(4)17-24)29-28(31)23-13-11-22(12-14-23)18-30(35(6,32)33)27-19(2)9-8-10-20(27)3/h8-17,25H,7,18H2,1-6H3,(H,29,31)/t25-/m0/s1. The number of hydrogen-bond acceptors (Lipinski definition) is 4. The summed E-state index contributed by atoms with van der Waals surface area (Å²) in [5, 5.41) is 3.10. The lowest BCUT2D eigenvalue weighted by atomic mass is 10.0. The number of sulfonamides is 1. The quantitative estimate of drug-likeness (QED) is 0.428. The van der Waals surface area contributed by atoms with E-state index in [1.54, 1.807) is 31.4 Å². The van der Waals surface area contributed by atoms with Gasteiger partial charge in [-0.15, -0.1) is 0 Å². The minimum absolute atomic E-state index is 0.128. The van der Waals surface area contributed by atoms with E-state index in [9.17, 15) is 13.2 Å². The third-order valence-corrected chi connectivity index (χ3v) is 7.28. The fraction of sp³-hybridized carbons (Fsp3) is 0.321. The van der Waals surface area contributed by atoms with Crippen molar-refractivity contribution in [2.75, 3.05) is 17.7 Å². The van der Waals surface area contributed by atoms with Crippen LogP contribution in [0.1, 0.15) is 57.6 Å². The van der Waals surface area contributed by atoms with Gasteiger partial charge < -0.3 is 10.1 Å². The maximum atomic E-state index is 13.0. The molecule has 6 nitrogen and oxygen atoms in total. The molecule has 35 heavy (non-hydrogen) atoms. The van der Waals surface area contributed by atoms with E-state index in [2.05, 4.69) is 5.32 Å². The average Bonchev–Trinajstić information content (AvgIpc) is 2.81. The van der Waals surface area contributed by atoms with E-state index in [1.165, 1.54) is 10.6 Å². The molecule has 1 N–H and O–H groups in total. The van der Waals surface area contributed by atoms with Crippen LogP contribution in [0.4, 0.5) is 5.69 Å². The molecule has 0 unspecified atom stereocenters. The third-order valence-electron chi connectivity index (χ3n) is 6.17. The Morgan fingerprint density at radius 3 is 2.11 bits per heavy atom. The molecule has 0 spiro atoms. The molecule has 3 aromatic rings. The molecule has 0 aliphatic carbocycles. The van der Waals surface area contributed by atoms with E-state index in [-0.39, 0.29) is 18.5 Å². The molecular formula is C28H34N2O4S. The Labute approximate surface area is 209 Å². The van der Waals surface area contributed by atoms with Crippen molar-refractivity contribution in [1.82, 2.24) is 5.32 Å². The zero-order chi connectivity index (χ0) is 25.8. The van der Waals surface area contributed by atoms with Crippen molar-refractivity contribution in [2.24, 2.45) is 0 Å². The molecule has 0 radical (unpaired) electrons. The number of nitrogens with zero attached hydrogens (tertiary/aromatic N) is 1. The van der Waals surface area contributed by atoms with E-state index in [0.29, 0.717) is 11.3 Å². The highest BCUT2D eigenvalue weighted by Gasteiger charge is 2.22. The Hall–Kier alpha value is -3.32. The minimum atomic E-state index is -3.50. The van der Waals surface area contributed by atoms with E-state index in [1.807, 2.05) is 64.1 Å². The van der Waals surface area contributed by atoms with Crippen LogP contribution in [-0.4, -0.2) is 27.7 Å². The van der Waals surface area contributed by atoms with Crippen molar-refractivity contribution >= 4 is 21.6 Å². The number of amides is 1. The Balaban J connectivity index is 1.78. The van der Waals surface area contributed by atoms with Crippen LogP contribution in [0.25, 0.3) is 0 Å². The van der Waals surface area contributed by atoms with Crippen LogP contribution in [0.3, 0.4) is 0 Å². The molecule has 0 aliphatic heterocycles. The van der Waals surface area contributed by atoms with Gasteiger partial charge in [-0.25, -0.2) is 8.42 Å². The monoisotopic (exact) mass is 494 g/mol.